The fraction of sp³-hybridized carbons (Fsp3) is 0.176. The molecule has 2 aromatic heterocycles. The summed E-state index contributed by atoms with van der Waals surface area (Å²) in [4.78, 5) is 9.18. The van der Waals surface area contributed by atoms with Crippen LogP contribution in [0.2, 0.25) is 0 Å². The predicted molar refractivity (Wildman–Crippen MR) is 150 cm³/mol. The molecule has 0 aliphatic carbocycles. The lowest BCUT2D eigenvalue weighted by atomic mass is 10.0. The van der Waals surface area contributed by atoms with Crippen molar-refractivity contribution in [3.05, 3.63) is 120 Å². The van der Waals surface area contributed by atoms with Gasteiger partial charge in [-0.1, -0.05) is 84.3 Å². The van der Waals surface area contributed by atoms with Gasteiger partial charge < -0.3 is 0 Å². The summed E-state index contributed by atoms with van der Waals surface area (Å²) in [7, 11) is 0. The van der Waals surface area contributed by atoms with Gasteiger partial charge in [0.05, 0.1) is 0 Å². The Labute approximate surface area is 213 Å². The van der Waals surface area contributed by atoms with Gasteiger partial charge in [-0.25, -0.2) is 0 Å². The minimum Gasteiger partial charge on any atom is -0.261 e. The highest BCUT2D eigenvalue weighted by Crippen LogP contribution is 2.19. The topological polar surface area (TPSA) is 25.8 Å². The minimum absolute atomic E-state index is 0.838. The van der Waals surface area contributed by atoms with Gasteiger partial charge >= 0.3 is 0 Å². The van der Waals surface area contributed by atoms with Crippen molar-refractivity contribution in [1.29, 1.82) is 0 Å². The van der Waals surface area contributed by atoms with Crippen LogP contribution in [0.25, 0.3) is 21.5 Å². The van der Waals surface area contributed by atoms with Crippen LogP contribution in [0, 0.1) is 23.7 Å². The van der Waals surface area contributed by atoms with E-state index in [2.05, 4.69) is 106 Å². The zero-order valence-corrected chi connectivity index (χ0v) is 20.4. The van der Waals surface area contributed by atoms with Crippen LogP contribution in [-0.4, -0.2) is 9.97 Å². The van der Waals surface area contributed by atoms with E-state index < -0.39 is 0 Å². The van der Waals surface area contributed by atoms with Crippen LogP contribution < -0.4 is 0 Å². The molecular formula is C34H28N2. The molecule has 3 aromatic carbocycles. The number of rotatable bonds is 6. The van der Waals surface area contributed by atoms with E-state index >= 15 is 0 Å². The molecule has 0 aliphatic rings. The van der Waals surface area contributed by atoms with Gasteiger partial charge in [-0.2, -0.15) is 0 Å². The summed E-state index contributed by atoms with van der Waals surface area (Å²) < 4.78 is 0. The summed E-state index contributed by atoms with van der Waals surface area (Å²) in [6.07, 6.45) is 9.32. The van der Waals surface area contributed by atoms with Crippen LogP contribution in [0.3, 0.4) is 0 Å². The second-order valence-corrected chi connectivity index (χ2v) is 8.81. The highest BCUT2D eigenvalue weighted by molar-refractivity contribution is 5.84. The van der Waals surface area contributed by atoms with E-state index in [1.807, 2.05) is 24.5 Å². The summed E-state index contributed by atoms with van der Waals surface area (Å²) in [6.45, 7) is 0. The monoisotopic (exact) mass is 464 g/mol. The summed E-state index contributed by atoms with van der Waals surface area (Å²) in [5, 5.41) is 4.97. The normalized spacial score (nSPS) is 10.4. The molecule has 174 valence electrons. The van der Waals surface area contributed by atoms with Crippen LogP contribution in [0.1, 0.15) is 48.2 Å². The minimum atomic E-state index is 0.838. The van der Waals surface area contributed by atoms with Crippen molar-refractivity contribution >= 4 is 21.5 Å². The van der Waals surface area contributed by atoms with Crippen LogP contribution in [0.4, 0.5) is 0 Å². The second kappa shape index (κ2) is 11.8. The van der Waals surface area contributed by atoms with E-state index in [9.17, 15) is 0 Å². The molecule has 0 atom stereocenters. The number of nitrogens with zero attached hydrogens (tertiary/aromatic N) is 2. The number of pyridine rings is 2. The highest BCUT2D eigenvalue weighted by Gasteiger charge is 2.02. The predicted octanol–water partition coefficient (Wildman–Crippen LogP) is 7.53. The number of aryl methyl sites for hydroxylation is 2. The molecular weight excluding hydrogens is 436 g/mol. The van der Waals surface area contributed by atoms with Gasteiger partial charge in [-0.3, -0.25) is 9.97 Å². The fourth-order valence-electron chi connectivity index (χ4n) is 4.47. The number of benzene rings is 3. The van der Waals surface area contributed by atoms with Gasteiger partial charge in [-0.05, 0) is 60.7 Å². The Balaban J connectivity index is 1.15. The van der Waals surface area contributed by atoms with E-state index in [0.717, 1.165) is 61.0 Å². The first-order chi connectivity index (χ1) is 17.9. The molecule has 5 rings (SSSR count). The molecule has 2 nitrogen and oxygen atoms in total. The van der Waals surface area contributed by atoms with Crippen molar-refractivity contribution in [2.24, 2.45) is 0 Å². The van der Waals surface area contributed by atoms with Crippen molar-refractivity contribution in [3.63, 3.8) is 0 Å². The summed E-state index contributed by atoms with van der Waals surface area (Å²) in [5.41, 5.74) is 4.31. The number of aromatic nitrogens is 2. The SMILES string of the molecule is C(#Cc1ccccc1C#CCCCc1nccc2ccccc12)CCCc1nccc2ccccc12. The van der Waals surface area contributed by atoms with Gasteiger partial charge in [0.1, 0.15) is 0 Å². The molecule has 0 bridgehead atoms. The van der Waals surface area contributed by atoms with E-state index in [-0.39, 0.29) is 0 Å². The van der Waals surface area contributed by atoms with E-state index in [0.29, 0.717) is 0 Å². The van der Waals surface area contributed by atoms with Gasteiger partial charge in [-0.15, -0.1) is 0 Å². The van der Waals surface area contributed by atoms with Crippen LogP contribution in [0.15, 0.2) is 97.3 Å². The Morgan fingerprint density at radius 2 is 0.944 bits per heavy atom. The zero-order chi connectivity index (χ0) is 24.4. The molecule has 0 saturated carbocycles. The third kappa shape index (κ3) is 5.80. The molecule has 2 heterocycles. The van der Waals surface area contributed by atoms with E-state index in [1.165, 1.54) is 21.5 Å². The fourth-order valence-corrected chi connectivity index (χ4v) is 4.47. The third-order valence-electron chi connectivity index (χ3n) is 6.32. The molecule has 0 saturated heterocycles. The maximum atomic E-state index is 4.59. The molecule has 0 aliphatic heterocycles. The Kier molecular flexibility index (Phi) is 7.67. The number of unbranched alkanes of at least 4 members (excludes halogenated alkanes) is 2. The zero-order valence-electron chi connectivity index (χ0n) is 20.4. The lowest BCUT2D eigenvalue weighted by Gasteiger charge is -2.04. The van der Waals surface area contributed by atoms with Crippen molar-refractivity contribution in [3.8, 4) is 23.7 Å². The molecule has 0 fully saturated rings. The smallest absolute Gasteiger partial charge is 0.0482 e. The lowest BCUT2D eigenvalue weighted by Crippen LogP contribution is -1.91. The van der Waals surface area contributed by atoms with Crippen molar-refractivity contribution in [2.45, 2.75) is 38.5 Å². The first-order valence-electron chi connectivity index (χ1n) is 12.6. The van der Waals surface area contributed by atoms with Crippen molar-refractivity contribution < 1.29 is 0 Å². The Bertz CT molecular complexity index is 1480. The molecule has 0 N–H and O–H groups in total. The number of fused-ring (bicyclic) bond motifs is 2. The average Bonchev–Trinajstić information content (AvgIpc) is 2.93. The van der Waals surface area contributed by atoms with Gasteiger partial charge in [0, 0.05) is 58.5 Å². The maximum absolute atomic E-state index is 4.59. The third-order valence-corrected chi connectivity index (χ3v) is 6.32. The first kappa shape index (κ1) is 23.3. The standard InChI is InChI=1S/C34H28N2/c1(5-21-33-31-19-11-9-17-29(31)23-25-35-33)3-13-27-15-7-8-16-28(27)14-4-2-6-22-34-32-20-12-10-18-30(32)24-26-36-34/h7-12,15-20,23-26H,1-2,5-6,21-22H2. The molecule has 0 unspecified atom stereocenters. The Hall–Kier alpha value is -4.40. The van der Waals surface area contributed by atoms with Crippen LogP contribution >= 0.6 is 0 Å². The van der Waals surface area contributed by atoms with Crippen molar-refractivity contribution in [1.82, 2.24) is 9.97 Å². The Morgan fingerprint density at radius 3 is 1.44 bits per heavy atom. The number of hydrogen-bond donors (Lipinski definition) is 0. The Morgan fingerprint density at radius 1 is 0.500 bits per heavy atom. The van der Waals surface area contributed by atoms with Gasteiger partial charge in [0.2, 0.25) is 0 Å². The second-order valence-electron chi connectivity index (χ2n) is 8.81. The van der Waals surface area contributed by atoms with Crippen LogP contribution in [-0.2, 0) is 12.8 Å². The van der Waals surface area contributed by atoms with Gasteiger partial charge in [0.25, 0.3) is 0 Å². The average molecular weight is 465 g/mol. The summed E-state index contributed by atoms with van der Waals surface area (Å²) in [5.74, 6) is 13.4. The lowest BCUT2D eigenvalue weighted by molar-refractivity contribution is 0.838. The quantitative estimate of drug-likeness (QED) is 0.192. The molecule has 0 radical (unpaired) electrons. The first-order valence-corrected chi connectivity index (χ1v) is 12.6. The molecule has 0 spiro atoms. The molecule has 0 amide bonds. The summed E-state index contributed by atoms with van der Waals surface area (Å²) >= 11 is 0. The maximum Gasteiger partial charge on any atom is 0.0482 e. The summed E-state index contributed by atoms with van der Waals surface area (Å²) in [6, 6.07) is 29.2. The highest BCUT2D eigenvalue weighted by atomic mass is 14.7. The largest absolute Gasteiger partial charge is 0.261 e. The van der Waals surface area contributed by atoms with Crippen molar-refractivity contribution in [2.75, 3.05) is 0 Å². The number of hydrogen-bond acceptors (Lipinski definition) is 2. The van der Waals surface area contributed by atoms with E-state index in [4.69, 9.17) is 0 Å². The molecule has 5 aromatic rings. The van der Waals surface area contributed by atoms with E-state index in [1.54, 1.807) is 0 Å². The van der Waals surface area contributed by atoms with Gasteiger partial charge in [0.15, 0.2) is 0 Å². The van der Waals surface area contributed by atoms with Crippen LogP contribution in [0.5, 0.6) is 0 Å². The molecule has 36 heavy (non-hydrogen) atoms. The molecule has 2 heteroatoms.